The molecular formula is C21H17N3O3. The van der Waals surface area contributed by atoms with Crippen LogP contribution >= 0.6 is 0 Å². The summed E-state index contributed by atoms with van der Waals surface area (Å²) in [4.78, 5) is 16.6. The maximum atomic E-state index is 11.9. The molecule has 0 fully saturated rings. The van der Waals surface area contributed by atoms with E-state index in [1.165, 1.54) is 0 Å². The molecule has 0 radical (unpaired) electrons. The Bertz CT molecular complexity index is 1130. The van der Waals surface area contributed by atoms with Gasteiger partial charge in [-0.2, -0.15) is 5.10 Å². The highest BCUT2D eigenvalue weighted by Crippen LogP contribution is 2.29. The second-order valence-electron chi connectivity index (χ2n) is 6.12. The first-order valence-electron chi connectivity index (χ1n) is 8.42. The van der Waals surface area contributed by atoms with Crippen LogP contribution < -0.4 is 4.74 Å². The third kappa shape index (κ3) is 2.91. The molecule has 2 aromatic heterocycles. The lowest BCUT2D eigenvalue weighted by Gasteiger charge is -2.08. The van der Waals surface area contributed by atoms with Crippen molar-refractivity contribution in [1.29, 1.82) is 0 Å². The van der Waals surface area contributed by atoms with E-state index in [4.69, 9.17) is 9.72 Å². The van der Waals surface area contributed by atoms with Gasteiger partial charge in [0, 0.05) is 5.56 Å². The zero-order valence-electron chi connectivity index (χ0n) is 14.9. The van der Waals surface area contributed by atoms with E-state index in [0.29, 0.717) is 22.4 Å². The number of hydrogen-bond donors (Lipinski definition) is 1. The number of benzene rings is 2. The Morgan fingerprint density at radius 3 is 2.41 bits per heavy atom. The number of fused-ring (bicyclic) bond motifs is 1. The summed E-state index contributed by atoms with van der Waals surface area (Å²) in [6.45, 7) is 1.79. The first-order chi connectivity index (χ1) is 13.1. The Morgan fingerprint density at radius 1 is 1.07 bits per heavy atom. The minimum Gasteiger partial charge on any atom is -0.497 e. The third-order valence-corrected chi connectivity index (χ3v) is 4.43. The van der Waals surface area contributed by atoms with Crippen LogP contribution in [0.15, 0.2) is 60.7 Å². The number of aryl methyl sites for hydroxylation is 1. The number of pyridine rings is 1. The van der Waals surface area contributed by atoms with Crippen molar-refractivity contribution in [2.75, 3.05) is 7.11 Å². The average molecular weight is 359 g/mol. The van der Waals surface area contributed by atoms with E-state index < -0.39 is 5.97 Å². The van der Waals surface area contributed by atoms with E-state index in [-0.39, 0.29) is 5.56 Å². The van der Waals surface area contributed by atoms with Gasteiger partial charge in [-0.3, -0.25) is 0 Å². The minimum absolute atomic E-state index is 0.191. The highest BCUT2D eigenvalue weighted by atomic mass is 16.5. The zero-order valence-corrected chi connectivity index (χ0v) is 14.9. The normalized spacial score (nSPS) is 10.9. The Balaban J connectivity index is 2.00. The Hall–Kier alpha value is -3.67. The van der Waals surface area contributed by atoms with Gasteiger partial charge in [-0.15, -0.1) is 0 Å². The molecule has 2 aromatic carbocycles. The van der Waals surface area contributed by atoms with Crippen molar-refractivity contribution >= 4 is 17.0 Å². The number of hydrogen-bond acceptors (Lipinski definition) is 4. The van der Waals surface area contributed by atoms with Gasteiger partial charge in [0.2, 0.25) is 0 Å². The fraction of sp³-hybridized carbons (Fsp3) is 0.0952. The van der Waals surface area contributed by atoms with E-state index in [0.717, 1.165) is 17.0 Å². The monoisotopic (exact) mass is 359 g/mol. The number of aromatic nitrogens is 3. The molecular weight excluding hydrogens is 342 g/mol. The van der Waals surface area contributed by atoms with Gasteiger partial charge >= 0.3 is 5.97 Å². The van der Waals surface area contributed by atoms with E-state index >= 15 is 0 Å². The molecule has 0 atom stereocenters. The van der Waals surface area contributed by atoms with Crippen molar-refractivity contribution in [2.24, 2.45) is 0 Å². The molecule has 0 aliphatic heterocycles. The second kappa shape index (κ2) is 6.57. The van der Waals surface area contributed by atoms with Crippen LogP contribution in [0.2, 0.25) is 0 Å². The van der Waals surface area contributed by atoms with Crippen molar-refractivity contribution in [2.45, 2.75) is 6.92 Å². The molecule has 6 heteroatoms. The van der Waals surface area contributed by atoms with E-state index in [1.807, 2.05) is 54.6 Å². The van der Waals surface area contributed by atoms with Crippen LogP contribution in [0.1, 0.15) is 16.1 Å². The topological polar surface area (TPSA) is 77.2 Å². The number of nitrogens with zero attached hydrogens (tertiary/aromatic N) is 3. The maximum Gasteiger partial charge on any atom is 0.336 e. The molecule has 6 nitrogen and oxygen atoms in total. The molecule has 1 N–H and O–H groups in total. The molecule has 0 saturated heterocycles. The summed E-state index contributed by atoms with van der Waals surface area (Å²) in [6.07, 6.45) is 0. The van der Waals surface area contributed by atoms with Crippen molar-refractivity contribution < 1.29 is 14.6 Å². The summed E-state index contributed by atoms with van der Waals surface area (Å²) in [7, 11) is 1.61. The summed E-state index contributed by atoms with van der Waals surface area (Å²) in [6, 6.07) is 18.5. The van der Waals surface area contributed by atoms with Crippen LogP contribution in [0.5, 0.6) is 5.75 Å². The van der Waals surface area contributed by atoms with Crippen LogP contribution in [-0.2, 0) is 0 Å². The first kappa shape index (κ1) is 16.8. The number of aromatic carboxylic acids is 1. The standard InChI is InChI=1S/C21H17N3O3/c1-13-19-17(21(25)26)12-18(14-6-4-3-5-7-14)22-20(19)24(23-13)15-8-10-16(27-2)11-9-15/h3-12H,1-2H3,(H,25,26). The molecule has 27 heavy (non-hydrogen) atoms. The average Bonchev–Trinajstić information content (AvgIpc) is 3.04. The molecule has 0 unspecified atom stereocenters. The lowest BCUT2D eigenvalue weighted by Crippen LogP contribution is -2.02. The van der Waals surface area contributed by atoms with Crippen molar-refractivity contribution in [1.82, 2.24) is 14.8 Å². The van der Waals surface area contributed by atoms with Crippen molar-refractivity contribution in [3.8, 4) is 22.7 Å². The fourth-order valence-electron chi connectivity index (χ4n) is 3.12. The summed E-state index contributed by atoms with van der Waals surface area (Å²) in [5.74, 6) is -0.270. The van der Waals surface area contributed by atoms with Gasteiger partial charge in [0.25, 0.3) is 0 Å². The van der Waals surface area contributed by atoms with Gasteiger partial charge in [-0.1, -0.05) is 30.3 Å². The molecule has 0 aliphatic rings. The van der Waals surface area contributed by atoms with Gasteiger partial charge in [0.05, 0.1) is 35.1 Å². The molecule has 0 saturated carbocycles. The molecule has 4 rings (SSSR count). The van der Waals surface area contributed by atoms with Crippen LogP contribution in [0.25, 0.3) is 28.0 Å². The van der Waals surface area contributed by atoms with Gasteiger partial charge in [0.1, 0.15) is 5.75 Å². The Morgan fingerprint density at radius 2 is 1.78 bits per heavy atom. The molecule has 134 valence electrons. The lowest BCUT2D eigenvalue weighted by molar-refractivity contribution is 0.0699. The van der Waals surface area contributed by atoms with E-state index in [2.05, 4.69) is 5.10 Å². The van der Waals surface area contributed by atoms with Gasteiger partial charge in [0.15, 0.2) is 5.65 Å². The third-order valence-electron chi connectivity index (χ3n) is 4.43. The summed E-state index contributed by atoms with van der Waals surface area (Å²) < 4.78 is 6.87. The predicted octanol–water partition coefficient (Wildman–Crippen LogP) is 4.10. The first-order valence-corrected chi connectivity index (χ1v) is 8.42. The number of carboxylic acid groups (broad SMARTS) is 1. The Kier molecular flexibility index (Phi) is 4.08. The molecule has 4 aromatic rings. The summed E-state index contributed by atoms with van der Waals surface area (Å²) in [5, 5.41) is 14.8. The smallest absolute Gasteiger partial charge is 0.336 e. The molecule has 0 aliphatic carbocycles. The number of carbonyl (C=O) groups is 1. The van der Waals surface area contributed by atoms with Crippen LogP contribution in [0.3, 0.4) is 0 Å². The largest absolute Gasteiger partial charge is 0.497 e. The lowest BCUT2D eigenvalue weighted by atomic mass is 10.1. The minimum atomic E-state index is -1.00. The maximum absolute atomic E-state index is 11.9. The van der Waals surface area contributed by atoms with Gasteiger partial charge in [-0.25, -0.2) is 14.5 Å². The highest BCUT2D eigenvalue weighted by Gasteiger charge is 2.20. The quantitative estimate of drug-likeness (QED) is 0.593. The van der Waals surface area contributed by atoms with Crippen LogP contribution in [0, 0.1) is 6.92 Å². The number of carboxylic acids is 1. The summed E-state index contributed by atoms with van der Waals surface area (Å²) >= 11 is 0. The van der Waals surface area contributed by atoms with E-state index in [1.54, 1.807) is 24.8 Å². The van der Waals surface area contributed by atoms with Crippen LogP contribution in [-0.4, -0.2) is 33.0 Å². The van der Waals surface area contributed by atoms with E-state index in [9.17, 15) is 9.90 Å². The zero-order chi connectivity index (χ0) is 19.0. The number of rotatable bonds is 4. The SMILES string of the molecule is COc1ccc(-n2nc(C)c3c(C(=O)O)cc(-c4ccccc4)nc32)cc1. The van der Waals surface area contributed by atoms with Gasteiger partial charge in [-0.05, 0) is 37.3 Å². The Labute approximate surface area is 155 Å². The molecule has 2 heterocycles. The molecule has 0 amide bonds. The highest BCUT2D eigenvalue weighted by molar-refractivity contribution is 6.04. The van der Waals surface area contributed by atoms with Crippen LogP contribution in [0.4, 0.5) is 0 Å². The van der Waals surface area contributed by atoms with Gasteiger partial charge < -0.3 is 9.84 Å². The number of methoxy groups -OCH3 is 1. The molecule has 0 spiro atoms. The van der Waals surface area contributed by atoms with Crippen molar-refractivity contribution in [3.05, 3.63) is 71.9 Å². The number of ether oxygens (including phenoxy) is 1. The summed E-state index contributed by atoms with van der Waals surface area (Å²) in [5.41, 5.74) is 3.54. The molecule has 0 bridgehead atoms. The second-order valence-corrected chi connectivity index (χ2v) is 6.12. The van der Waals surface area contributed by atoms with Crippen molar-refractivity contribution in [3.63, 3.8) is 0 Å². The fourth-order valence-corrected chi connectivity index (χ4v) is 3.12. The predicted molar refractivity (Wildman–Crippen MR) is 103 cm³/mol.